The van der Waals surface area contributed by atoms with Crippen molar-refractivity contribution in [2.75, 3.05) is 18.4 Å². The van der Waals surface area contributed by atoms with Crippen LogP contribution in [-0.4, -0.2) is 35.9 Å². The van der Waals surface area contributed by atoms with E-state index in [0.29, 0.717) is 23.4 Å². The highest BCUT2D eigenvalue weighted by Gasteiger charge is 2.24. The number of hydrogen-bond donors (Lipinski definition) is 1. The van der Waals surface area contributed by atoms with Gasteiger partial charge in [-0.15, -0.1) is 0 Å². The molecule has 5 nitrogen and oxygen atoms in total. The van der Waals surface area contributed by atoms with Crippen molar-refractivity contribution in [3.8, 4) is 5.75 Å². The van der Waals surface area contributed by atoms with Crippen LogP contribution in [0, 0.1) is 0 Å². The zero-order valence-electron chi connectivity index (χ0n) is 19.8. The van der Waals surface area contributed by atoms with Crippen molar-refractivity contribution in [1.82, 2.24) is 4.90 Å². The van der Waals surface area contributed by atoms with Crippen molar-refractivity contribution >= 4 is 17.5 Å². The van der Waals surface area contributed by atoms with Crippen LogP contribution < -0.4 is 10.1 Å². The Morgan fingerprint density at radius 1 is 0.969 bits per heavy atom. The molecule has 0 aromatic heterocycles. The lowest BCUT2D eigenvalue weighted by molar-refractivity contribution is -0.122. The van der Waals surface area contributed by atoms with Gasteiger partial charge >= 0.3 is 0 Å². The van der Waals surface area contributed by atoms with E-state index < -0.39 is 6.10 Å². The zero-order chi connectivity index (χ0) is 23.1. The van der Waals surface area contributed by atoms with E-state index in [2.05, 4.69) is 26.1 Å². The molecule has 0 aliphatic carbocycles. The first-order valence-corrected chi connectivity index (χ1v) is 11.8. The van der Waals surface area contributed by atoms with Crippen LogP contribution in [0.15, 0.2) is 48.5 Å². The summed E-state index contributed by atoms with van der Waals surface area (Å²) in [5.41, 5.74) is 2.34. The molecular weight excluding hydrogens is 400 g/mol. The maximum atomic E-state index is 13.1. The normalized spacial score (nSPS) is 15.6. The SMILES string of the molecule is CC[C@@H](Oc1ccc(C(C)(C)C)cc1)C(=O)Nc1ccccc1C(=O)N1CCCCCC1. The Morgan fingerprint density at radius 3 is 2.19 bits per heavy atom. The van der Waals surface area contributed by atoms with Gasteiger partial charge in [0, 0.05) is 13.1 Å². The van der Waals surface area contributed by atoms with E-state index in [1.165, 1.54) is 5.56 Å². The molecule has 2 aromatic rings. The number of nitrogens with one attached hydrogen (secondary N) is 1. The van der Waals surface area contributed by atoms with E-state index in [9.17, 15) is 9.59 Å². The van der Waals surface area contributed by atoms with Crippen LogP contribution in [0.1, 0.15) is 75.7 Å². The van der Waals surface area contributed by atoms with Gasteiger partial charge in [0.05, 0.1) is 11.3 Å². The number of likely N-dealkylation sites (tertiary alicyclic amines) is 1. The fourth-order valence-electron chi connectivity index (χ4n) is 3.96. The second-order valence-electron chi connectivity index (χ2n) is 9.53. The molecule has 2 amide bonds. The lowest BCUT2D eigenvalue weighted by atomic mass is 9.87. The Kier molecular flexibility index (Phi) is 7.94. The Bertz CT molecular complexity index is 907. The third-order valence-electron chi connectivity index (χ3n) is 5.97. The first kappa shape index (κ1) is 23.8. The number of carbonyl (C=O) groups excluding carboxylic acids is 2. The molecule has 1 heterocycles. The van der Waals surface area contributed by atoms with E-state index in [-0.39, 0.29) is 17.2 Å². The van der Waals surface area contributed by atoms with Gasteiger partial charge in [-0.25, -0.2) is 0 Å². The molecule has 0 saturated carbocycles. The highest BCUT2D eigenvalue weighted by atomic mass is 16.5. The Balaban J connectivity index is 1.70. The maximum absolute atomic E-state index is 13.1. The van der Waals surface area contributed by atoms with Crippen molar-refractivity contribution in [1.29, 1.82) is 0 Å². The third kappa shape index (κ3) is 6.12. The zero-order valence-corrected chi connectivity index (χ0v) is 19.8. The van der Waals surface area contributed by atoms with Crippen molar-refractivity contribution in [3.63, 3.8) is 0 Å². The van der Waals surface area contributed by atoms with Gasteiger partial charge in [-0.05, 0) is 54.5 Å². The monoisotopic (exact) mass is 436 g/mol. The van der Waals surface area contributed by atoms with Crippen molar-refractivity contribution < 1.29 is 14.3 Å². The number of benzene rings is 2. The number of anilines is 1. The molecule has 1 atom stereocenters. The molecular formula is C27H36N2O3. The molecule has 1 fully saturated rings. The summed E-state index contributed by atoms with van der Waals surface area (Å²) in [6.07, 6.45) is 4.26. The molecule has 0 bridgehead atoms. The van der Waals surface area contributed by atoms with Crippen molar-refractivity contribution in [3.05, 3.63) is 59.7 Å². The molecule has 1 N–H and O–H groups in total. The van der Waals surface area contributed by atoms with Crippen LogP contribution in [0.4, 0.5) is 5.69 Å². The molecule has 0 spiro atoms. The standard InChI is InChI=1S/C27H36N2O3/c1-5-24(32-21-16-14-20(15-17-21)27(2,3)4)25(30)28-23-13-9-8-12-22(23)26(31)29-18-10-6-7-11-19-29/h8-9,12-17,24H,5-7,10-11,18-19H2,1-4H3,(H,28,30)/t24-/m1/s1. The second kappa shape index (κ2) is 10.7. The predicted molar refractivity (Wildman–Crippen MR) is 129 cm³/mol. The molecule has 0 radical (unpaired) electrons. The number of para-hydroxylation sites is 1. The molecule has 5 heteroatoms. The Hall–Kier alpha value is -2.82. The van der Waals surface area contributed by atoms with Crippen LogP contribution in [0.3, 0.4) is 0 Å². The van der Waals surface area contributed by atoms with Crippen LogP contribution in [0.25, 0.3) is 0 Å². The fourth-order valence-corrected chi connectivity index (χ4v) is 3.96. The highest BCUT2D eigenvalue weighted by Crippen LogP contribution is 2.25. The summed E-state index contributed by atoms with van der Waals surface area (Å²) in [5, 5.41) is 2.94. The van der Waals surface area contributed by atoms with E-state index in [4.69, 9.17) is 4.74 Å². The molecule has 1 aliphatic heterocycles. The first-order valence-electron chi connectivity index (χ1n) is 11.8. The summed E-state index contributed by atoms with van der Waals surface area (Å²) in [5.74, 6) is 0.395. The lowest BCUT2D eigenvalue weighted by Gasteiger charge is -2.23. The molecule has 3 rings (SSSR count). The molecule has 172 valence electrons. The van der Waals surface area contributed by atoms with Gasteiger partial charge in [-0.2, -0.15) is 0 Å². The average Bonchev–Trinajstić information content (AvgIpc) is 3.06. The van der Waals surface area contributed by atoms with Crippen LogP contribution >= 0.6 is 0 Å². The van der Waals surface area contributed by atoms with Crippen LogP contribution in [0.2, 0.25) is 0 Å². The van der Waals surface area contributed by atoms with Crippen LogP contribution in [-0.2, 0) is 10.2 Å². The third-order valence-corrected chi connectivity index (χ3v) is 5.97. The van der Waals surface area contributed by atoms with Gasteiger partial charge < -0.3 is 15.0 Å². The van der Waals surface area contributed by atoms with E-state index in [1.807, 2.05) is 48.2 Å². The Labute approximate surface area is 192 Å². The summed E-state index contributed by atoms with van der Waals surface area (Å²) in [4.78, 5) is 28.1. The van der Waals surface area contributed by atoms with E-state index in [1.54, 1.807) is 12.1 Å². The average molecular weight is 437 g/mol. The molecule has 1 saturated heterocycles. The fraction of sp³-hybridized carbons (Fsp3) is 0.481. The van der Waals surface area contributed by atoms with Crippen LogP contribution in [0.5, 0.6) is 5.75 Å². The number of rotatable bonds is 6. The minimum Gasteiger partial charge on any atom is -0.481 e. The van der Waals surface area contributed by atoms with E-state index in [0.717, 1.165) is 38.8 Å². The van der Waals surface area contributed by atoms with Crippen molar-refractivity contribution in [2.24, 2.45) is 0 Å². The minimum absolute atomic E-state index is 0.0189. The largest absolute Gasteiger partial charge is 0.481 e. The lowest BCUT2D eigenvalue weighted by Crippen LogP contribution is -2.35. The number of ether oxygens (including phenoxy) is 1. The second-order valence-corrected chi connectivity index (χ2v) is 9.53. The number of nitrogens with zero attached hydrogens (tertiary/aromatic N) is 1. The molecule has 2 aromatic carbocycles. The van der Waals surface area contributed by atoms with Gasteiger partial charge in [0.25, 0.3) is 11.8 Å². The topological polar surface area (TPSA) is 58.6 Å². The molecule has 0 unspecified atom stereocenters. The number of carbonyl (C=O) groups is 2. The predicted octanol–water partition coefficient (Wildman–Crippen LogP) is 5.80. The van der Waals surface area contributed by atoms with E-state index >= 15 is 0 Å². The number of amides is 2. The number of hydrogen-bond acceptors (Lipinski definition) is 3. The summed E-state index contributed by atoms with van der Waals surface area (Å²) < 4.78 is 5.99. The quantitative estimate of drug-likeness (QED) is 0.623. The highest BCUT2D eigenvalue weighted by molar-refractivity contribution is 6.04. The van der Waals surface area contributed by atoms with Gasteiger partial charge in [0.15, 0.2) is 6.10 Å². The molecule has 1 aliphatic rings. The molecule has 32 heavy (non-hydrogen) atoms. The van der Waals surface area contributed by atoms with Gasteiger partial charge in [-0.1, -0.05) is 64.8 Å². The van der Waals surface area contributed by atoms with Gasteiger partial charge in [0.1, 0.15) is 5.75 Å². The Morgan fingerprint density at radius 2 is 1.59 bits per heavy atom. The first-order chi connectivity index (χ1) is 15.3. The summed E-state index contributed by atoms with van der Waals surface area (Å²) in [6, 6.07) is 15.1. The maximum Gasteiger partial charge on any atom is 0.265 e. The minimum atomic E-state index is -0.642. The van der Waals surface area contributed by atoms with Gasteiger partial charge in [0.2, 0.25) is 0 Å². The smallest absolute Gasteiger partial charge is 0.265 e. The summed E-state index contributed by atoms with van der Waals surface area (Å²) in [6.45, 7) is 9.95. The summed E-state index contributed by atoms with van der Waals surface area (Å²) in [7, 11) is 0. The van der Waals surface area contributed by atoms with Gasteiger partial charge in [-0.3, -0.25) is 9.59 Å². The summed E-state index contributed by atoms with van der Waals surface area (Å²) >= 11 is 0. The van der Waals surface area contributed by atoms with Crippen molar-refractivity contribution in [2.45, 2.75) is 71.3 Å².